The Hall–Kier alpha value is -1.31. The summed E-state index contributed by atoms with van der Waals surface area (Å²) in [5, 5.41) is 0. The minimum atomic E-state index is 0.103. The van der Waals surface area contributed by atoms with Gasteiger partial charge in [0.25, 0.3) is 5.91 Å². The normalized spacial score (nSPS) is 37.3. The predicted molar refractivity (Wildman–Crippen MR) is 58.8 cm³/mol. The smallest absolute Gasteiger partial charge is 0.251 e. The Morgan fingerprint density at radius 2 is 2.20 bits per heavy atom. The van der Waals surface area contributed by atoms with Crippen LogP contribution in [0.5, 0.6) is 0 Å². The van der Waals surface area contributed by atoms with Crippen molar-refractivity contribution < 1.29 is 4.79 Å². The van der Waals surface area contributed by atoms with E-state index in [1.807, 2.05) is 11.0 Å². The number of carbonyl (C=O) groups is 1. The summed E-state index contributed by atoms with van der Waals surface area (Å²) in [7, 11) is 0. The summed E-state index contributed by atoms with van der Waals surface area (Å²) in [6.07, 6.45) is 10.6. The highest BCUT2D eigenvalue weighted by molar-refractivity contribution is 5.93. The molecule has 0 saturated heterocycles. The lowest BCUT2D eigenvalue weighted by Gasteiger charge is -2.25. The summed E-state index contributed by atoms with van der Waals surface area (Å²) < 4.78 is 0. The van der Waals surface area contributed by atoms with E-state index in [4.69, 9.17) is 0 Å². The quantitative estimate of drug-likeness (QED) is 0.627. The van der Waals surface area contributed by atoms with E-state index in [9.17, 15) is 4.79 Å². The number of amides is 1. The van der Waals surface area contributed by atoms with Crippen LogP contribution in [0.4, 0.5) is 0 Å². The molecule has 3 aliphatic rings. The van der Waals surface area contributed by atoms with Gasteiger partial charge in [0.15, 0.2) is 0 Å². The first-order valence-corrected chi connectivity index (χ1v) is 5.61. The summed E-state index contributed by atoms with van der Waals surface area (Å²) >= 11 is 0. The van der Waals surface area contributed by atoms with E-state index in [-0.39, 0.29) is 5.91 Å². The first kappa shape index (κ1) is 8.96. The van der Waals surface area contributed by atoms with Gasteiger partial charge in [0.05, 0.1) is 0 Å². The topological polar surface area (TPSA) is 20.3 Å². The minimum Gasteiger partial charge on any atom is -0.309 e. The molecule has 1 heterocycles. The Kier molecular flexibility index (Phi) is 1.84. The molecule has 78 valence electrons. The summed E-state index contributed by atoms with van der Waals surface area (Å²) in [5.41, 5.74) is 0.853. The number of hydrogen-bond donors (Lipinski definition) is 0. The molecule has 1 fully saturated rings. The second-order valence-electron chi connectivity index (χ2n) is 4.81. The van der Waals surface area contributed by atoms with Gasteiger partial charge >= 0.3 is 0 Å². The Morgan fingerprint density at radius 1 is 1.33 bits per heavy atom. The van der Waals surface area contributed by atoms with Gasteiger partial charge in [-0.15, -0.1) is 0 Å². The van der Waals surface area contributed by atoms with Gasteiger partial charge in [0.2, 0.25) is 0 Å². The molecule has 0 aromatic carbocycles. The lowest BCUT2D eigenvalue weighted by atomic mass is 9.93. The molecule has 3 rings (SSSR count). The zero-order valence-electron chi connectivity index (χ0n) is 8.73. The molecule has 2 unspecified atom stereocenters. The molecule has 15 heavy (non-hydrogen) atoms. The van der Waals surface area contributed by atoms with Crippen LogP contribution in [0.3, 0.4) is 0 Å². The number of nitrogens with zero attached hydrogens (tertiary/aromatic N) is 1. The zero-order valence-corrected chi connectivity index (χ0v) is 8.73. The minimum absolute atomic E-state index is 0.103. The Bertz CT molecular complexity index is 362. The molecular formula is C13H15NO. The van der Waals surface area contributed by atoms with Crippen molar-refractivity contribution in [1.29, 1.82) is 0 Å². The predicted octanol–water partition coefficient (Wildman–Crippen LogP) is 2.11. The molecule has 0 N–H and O–H groups in total. The van der Waals surface area contributed by atoms with Gasteiger partial charge in [-0.25, -0.2) is 0 Å². The second-order valence-corrected chi connectivity index (χ2v) is 4.81. The highest BCUT2D eigenvalue weighted by Crippen LogP contribution is 2.44. The number of fused-ring (bicyclic) bond motifs is 2. The third-order valence-electron chi connectivity index (χ3n) is 3.86. The third-order valence-corrected chi connectivity index (χ3v) is 3.86. The fourth-order valence-electron chi connectivity index (χ4n) is 3.04. The van der Waals surface area contributed by atoms with Gasteiger partial charge < -0.3 is 4.90 Å². The van der Waals surface area contributed by atoms with Crippen molar-refractivity contribution in [3.05, 3.63) is 36.6 Å². The molecule has 2 nitrogen and oxygen atoms in total. The fraction of sp³-hybridized carbons (Fsp3) is 0.462. The maximum atomic E-state index is 11.5. The largest absolute Gasteiger partial charge is 0.309 e. The first-order valence-electron chi connectivity index (χ1n) is 5.61. The summed E-state index contributed by atoms with van der Waals surface area (Å²) in [6, 6.07) is 0. The molecule has 2 aliphatic carbocycles. The Morgan fingerprint density at radius 3 is 2.73 bits per heavy atom. The lowest BCUT2D eigenvalue weighted by molar-refractivity contribution is -0.123. The number of hydrogen-bond acceptors (Lipinski definition) is 1. The van der Waals surface area contributed by atoms with E-state index in [1.165, 1.54) is 12.8 Å². The second kappa shape index (κ2) is 3.09. The van der Waals surface area contributed by atoms with Crippen LogP contribution >= 0.6 is 0 Å². The van der Waals surface area contributed by atoms with Crippen LogP contribution in [-0.4, -0.2) is 17.4 Å². The maximum Gasteiger partial charge on any atom is 0.251 e. The number of rotatable bonds is 2. The molecule has 3 atom stereocenters. The van der Waals surface area contributed by atoms with Gasteiger partial charge in [0.1, 0.15) is 0 Å². The van der Waals surface area contributed by atoms with Crippen LogP contribution in [-0.2, 0) is 4.79 Å². The molecule has 2 bridgehead atoms. The van der Waals surface area contributed by atoms with E-state index in [1.54, 1.807) is 6.08 Å². The molecule has 1 amide bonds. The van der Waals surface area contributed by atoms with Gasteiger partial charge in [-0.2, -0.15) is 0 Å². The standard InChI is InChI=1S/C13H15NO/c1-9-2-5-13(15)14(9)8-12-7-10-3-4-11(12)6-10/h2-5,10-12H,1,6-8H2/t10?,11?,12-/m1/s1. The van der Waals surface area contributed by atoms with E-state index < -0.39 is 0 Å². The van der Waals surface area contributed by atoms with Crippen molar-refractivity contribution in [3.63, 3.8) is 0 Å². The highest BCUT2D eigenvalue weighted by Gasteiger charge is 2.37. The fourth-order valence-corrected chi connectivity index (χ4v) is 3.04. The molecule has 0 radical (unpaired) electrons. The molecule has 1 aliphatic heterocycles. The SMILES string of the molecule is C=C1C=CC(=O)N1C[C@H]1CC2C=CC1C2. The van der Waals surface area contributed by atoms with Crippen molar-refractivity contribution in [2.75, 3.05) is 6.54 Å². The molecule has 2 heteroatoms. The molecule has 1 saturated carbocycles. The van der Waals surface area contributed by atoms with Crippen molar-refractivity contribution in [1.82, 2.24) is 4.90 Å². The van der Waals surface area contributed by atoms with E-state index in [2.05, 4.69) is 18.7 Å². The monoisotopic (exact) mass is 201 g/mol. The van der Waals surface area contributed by atoms with Crippen LogP contribution in [0.25, 0.3) is 0 Å². The first-order chi connectivity index (χ1) is 7.24. The Balaban J connectivity index is 1.69. The van der Waals surface area contributed by atoms with Crippen molar-refractivity contribution in [2.24, 2.45) is 17.8 Å². The van der Waals surface area contributed by atoms with Crippen LogP contribution in [0.2, 0.25) is 0 Å². The van der Waals surface area contributed by atoms with Crippen LogP contribution in [0.15, 0.2) is 36.6 Å². The van der Waals surface area contributed by atoms with Crippen LogP contribution in [0.1, 0.15) is 12.8 Å². The van der Waals surface area contributed by atoms with Gasteiger partial charge in [-0.1, -0.05) is 18.7 Å². The Labute approximate surface area is 90.0 Å². The molecule has 0 spiro atoms. The molecular weight excluding hydrogens is 186 g/mol. The van der Waals surface area contributed by atoms with Gasteiger partial charge in [-0.05, 0) is 36.7 Å². The van der Waals surface area contributed by atoms with E-state index in [0.717, 1.165) is 18.2 Å². The number of carbonyl (C=O) groups excluding carboxylic acids is 1. The molecule has 0 aromatic heterocycles. The average Bonchev–Trinajstić information content (AvgIpc) is 2.89. The van der Waals surface area contributed by atoms with Crippen molar-refractivity contribution >= 4 is 5.91 Å². The van der Waals surface area contributed by atoms with E-state index >= 15 is 0 Å². The zero-order chi connectivity index (χ0) is 10.4. The lowest BCUT2D eigenvalue weighted by Crippen LogP contribution is -2.31. The molecule has 0 aromatic rings. The van der Waals surface area contributed by atoms with E-state index in [0.29, 0.717) is 11.8 Å². The third kappa shape index (κ3) is 1.36. The van der Waals surface area contributed by atoms with Gasteiger partial charge in [0, 0.05) is 18.3 Å². The van der Waals surface area contributed by atoms with Crippen molar-refractivity contribution in [3.8, 4) is 0 Å². The summed E-state index contributed by atoms with van der Waals surface area (Å²) in [5.74, 6) is 2.24. The summed E-state index contributed by atoms with van der Waals surface area (Å²) in [6.45, 7) is 4.75. The van der Waals surface area contributed by atoms with Gasteiger partial charge in [-0.3, -0.25) is 4.79 Å². The number of allylic oxidation sites excluding steroid dienone is 3. The maximum absolute atomic E-state index is 11.5. The highest BCUT2D eigenvalue weighted by atomic mass is 16.2. The summed E-state index contributed by atoms with van der Waals surface area (Å²) in [4.78, 5) is 13.4. The average molecular weight is 201 g/mol. The van der Waals surface area contributed by atoms with Crippen molar-refractivity contribution in [2.45, 2.75) is 12.8 Å². The van der Waals surface area contributed by atoms with Crippen LogP contribution in [0, 0.1) is 17.8 Å². The van der Waals surface area contributed by atoms with Crippen LogP contribution < -0.4 is 0 Å².